The maximum atomic E-state index is 10.8. The highest BCUT2D eigenvalue weighted by molar-refractivity contribution is 7.99. The quantitative estimate of drug-likeness (QED) is 0.363. The predicted molar refractivity (Wildman–Crippen MR) is 75.3 cm³/mol. The van der Waals surface area contributed by atoms with Gasteiger partial charge in [0.25, 0.3) is 0 Å². The number of nitrogens with zero attached hydrogens (tertiary/aromatic N) is 1. The Morgan fingerprint density at radius 2 is 1.78 bits per heavy atom. The minimum atomic E-state index is 0.566. The van der Waals surface area contributed by atoms with Crippen LogP contribution >= 0.6 is 11.8 Å². The molecule has 0 amide bonds. The van der Waals surface area contributed by atoms with Gasteiger partial charge >= 0.3 is 0 Å². The van der Waals surface area contributed by atoms with Gasteiger partial charge in [-0.1, -0.05) is 43.8 Å². The van der Waals surface area contributed by atoms with E-state index in [2.05, 4.69) is 0 Å². The second-order valence-electron chi connectivity index (χ2n) is 3.25. The summed E-state index contributed by atoms with van der Waals surface area (Å²) >= 11 is 1.53. The van der Waals surface area contributed by atoms with Gasteiger partial charge in [-0.3, -0.25) is 0 Å². The standard InChI is InChI=1S/C12H11NO2S.C2H6/c1-13(14)9-10-7-8-12(15-10)16-11-5-3-2-4-6-11;1-2/h2-9H,1H3;1-2H3/b13-9-;. The zero-order chi connectivity index (χ0) is 13.4. The van der Waals surface area contributed by atoms with Crippen molar-refractivity contribution in [1.82, 2.24) is 0 Å². The van der Waals surface area contributed by atoms with Gasteiger partial charge in [0.2, 0.25) is 6.21 Å². The maximum Gasteiger partial charge on any atom is 0.217 e. The minimum Gasteiger partial charge on any atom is -0.624 e. The lowest BCUT2D eigenvalue weighted by Crippen LogP contribution is -1.95. The van der Waals surface area contributed by atoms with E-state index in [0.717, 1.165) is 14.7 Å². The molecule has 2 aromatic rings. The molecule has 0 N–H and O–H groups in total. The first-order valence-corrected chi connectivity index (χ1v) is 6.63. The molecule has 1 aromatic carbocycles. The third-order valence-electron chi connectivity index (χ3n) is 1.87. The van der Waals surface area contributed by atoms with Crippen LogP contribution in [0.25, 0.3) is 0 Å². The molecule has 4 heteroatoms. The van der Waals surface area contributed by atoms with E-state index in [9.17, 15) is 5.21 Å². The van der Waals surface area contributed by atoms with Crippen molar-refractivity contribution in [3.05, 3.63) is 53.4 Å². The van der Waals surface area contributed by atoms with Gasteiger partial charge in [-0.15, -0.1) is 0 Å². The summed E-state index contributed by atoms with van der Waals surface area (Å²) in [6, 6.07) is 13.6. The highest BCUT2D eigenvalue weighted by Crippen LogP contribution is 2.28. The molecule has 0 aliphatic heterocycles. The van der Waals surface area contributed by atoms with Crippen LogP contribution in [-0.2, 0) is 0 Å². The summed E-state index contributed by atoms with van der Waals surface area (Å²) < 4.78 is 6.18. The van der Waals surface area contributed by atoms with Crippen molar-refractivity contribution >= 4 is 18.0 Å². The molecular weight excluding hydrogens is 246 g/mol. The summed E-state index contributed by atoms with van der Waals surface area (Å²) in [5.41, 5.74) is 0. The normalized spacial score (nSPS) is 10.7. The number of benzene rings is 1. The molecule has 0 aliphatic carbocycles. The summed E-state index contributed by atoms with van der Waals surface area (Å²) in [5, 5.41) is 11.6. The first-order chi connectivity index (χ1) is 8.74. The first-order valence-electron chi connectivity index (χ1n) is 5.81. The molecule has 18 heavy (non-hydrogen) atoms. The smallest absolute Gasteiger partial charge is 0.217 e. The number of hydrogen-bond acceptors (Lipinski definition) is 3. The van der Waals surface area contributed by atoms with Gasteiger partial charge in [0.15, 0.2) is 10.9 Å². The third kappa shape index (κ3) is 4.67. The van der Waals surface area contributed by atoms with E-state index in [1.54, 1.807) is 6.07 Å². The minimum absolute atomic E-state index is 0.566. The molecule has 1 heterocycles. The summed E-state index contributed by atoms with van der Waals surface area (Å²) in [4.78, 5) is 1.11. The summed E-state index contributed by atoms with van der Waals surface area (Å²) in [5.74, 6) is 0.566. The van der Waals surface area contributed by atoms with E-state index >= 15 is 0 Å². The molecule has 0 saturated heterocycles. The van der Waals surface area contributed by atoms with E-state index in [0.29, 0.717) is 5.76 Å². The lowest BCUT2D eigenvalue weighted by atomic mass is 10.4. The Morgan fingerprint density at radius 3 is 2.39 bits per heavy atom. The molecule has 0 saturated carbocycles. The fourth-order valence-corrected chi connectivity index (χ4v) is 2.04. The zero-order valence-corrected chi connectivity index (χ0v) is 11.6. The van der Waals surface area contributed by atoms with Gasteiger partial charge in [-0.05, 0) is 24.3 Å². The number of hydroxylamine groups is 1. The number of furan rings is 1. The van der Waals surface area contributed by atoms with Crippen LogP contribution < -0.4 is 0 Å². The van der Waals surface area contributed by atoms with E-state index < -0.39 is 0 Å². The lowest BCUT2D eigenvalue weighted by molar-refractivity contribution is -0.417. The third-order valence-corrected chi connectivity index (χ3v) is 2.80. The molecule has 0 spiro atoms. The first kappa shape index (κ1) is 14.4. The highest BCUT2D eigenvalue weighted by atomic mass is 32.2. The second kappa shape index (κ2) is 7.61. The van der Waals surface area contributed by atoms with Gasteiger partial charge in [0, 0.05) is 4.90 Å². The lowest BCUT2D eigenvalue weighted by Gasteiger charge is -1.96. The van der Waals surface area contributed by atoms with Crippen molar-refractivity contribution in [3.63, 3.8) is 0 Å². The van der Waals surface area contributed by atoms with Crippen molar-refractivity contribution in [2.24, 2.45) is 0 Å². The Bertz CT molecular complexity index is 488. The summed E-state index contributed by atoms with van der Waals surface area (Å²) in [7, 11) is 1.42. The van der Waals surface area contributed by atoms with Gasteiger partial charge in [0.05, 0.1) is 0 Å². The van der Waals surface area contributed by atoms with Crippen LogP contribution in [0.15, 0.2) is 56.9 Å². The topological polar surface area (TPSA) is 39.2 Å². The fraction of sp³-hybridized carbons (Fsp3) is 0.214. The molecule has 0 aliphatic rings. The summed E-state index contributed by atoms with van der Waals surface area (Å²) in [6.45, 7) is 4.00. The van der Waals surface area contributed by atoms with Crippen LogP contribution in [0.3, 0.4) is 0 Å². The molecule has 0 atom stereocenters. The monoisotopic (exact) mass is 263 g/mol. The van der Waals surface area contributed by atoms with Crippen molar-refractivity contribution in [3.8, 4) is 0 Å². The molecule has 0 radical (unpaired) electrons. The van der Waals surface area contributed by atoms with Crippen LogP contribution in [0.2, 0.25) is 0 Å². The second-order valence-corrected chi connectivity index (χ2v) is 4.33. The Hall–Kier alpha value is -1.68. The van der Waals surface area contributed by atoms with E-state index in [-0.39, 0.29) is 0 Å². The highest BCUT2D eigenvalue weighted by Gasteiger charge is 2.03. The van der Waals surface area contributed by atoms with E-state index in [1.807, 2.05) is 50.2 Å². The Labute approximate surface area is 112 Å². The van der Waals surface area contributed by atoms with Gasteiger partial charge < -0.3 is 9.62 Å². The average Bonchev–Trinajstić information content (AvgIpc) is 2.79. The Balaban J connectivity index is 0.000000771. The molecule has 2 rings (SSSR count). The molecule has 0 unspecified atom stereocenters. The van der Waals surface area contributed by atoms with Crippen LogP contribution in [0.1, 0.15) is 19.6 Å². The largest absolute Gasteiger partial charge is 0.624 e. The SMILES string of the molecule is C/[N+]([O-])=C/c1ccc(Sc2ccccc2)o1.CC. The summed E-state index contributed by atoms with van der Waals surface area (Å²) in [6.07, 6.45) is 1.40. The van der Waals surface area contributed by atoms with Crippen LogP contribution in [0.5, 0.6) is 0 Å². The van der Waals surface area contributed by atoms with Gasteiger partial charge in [0.1, 0.15) is 7.05 Å². The molecular formula is C14H17NO2S. The van der Waals surface area contributed by atoms with Gasteiger partial charge in [-0.25, -0.2) is 4.74 Å². The number of hydrogen-bond donors (Lipinski definition) is 0. The molecule has 0 bridgehead atoms. The molecule has 0 fully saturated rings. The fourth-order valence-electron chi connectivity index (χ4n) is 1.24. The van der Waals surface area contributed by atoms with Crippen molar-refractivity contribution in [2.45, 2.75) is 23.8 Å². The van der Waals surface area contributed by atoms with Crippen LogP contribution in [0, 0.1) is 5.21 Å². The van der Waals surface area contributed by atoms with Crippen molar-refractivity contribution in [1.29, 1.82) is 0 Å². The van der Waals surface area contributed by atoms with Crippen molar-refractivity contribution < 1.29 is 9.16 Å². The molecule has 1 aromatic heterocycles. The van der Waals surface area contributed by atoms with E-state index in [4.69, 9.17) is 4.42 Å². The van der Waals surface area contributed by atoms with Crippen LogP contribution in [0.4, 0.5) is 0 Å². The number of rotatable bonds is 3. The van der Waals surface area contributed by atoms with E-state index in [1.165, 1.54) is 25.0 Å². The predicted octanol–water partition coefficient (Wildman–Crippen LogP) is 4.02. The molecule has 3 nitrogen and oxygen atoms in total. The zero-order valence-electron chi connectivity index (χ0n) is 10.8. The van der Waals surface area contributed by atoms with Gasteiger partial charge in [-0.2, -0.15) is 0 Å². The van der Waals surface area contributed by atoms with Crippen LogP contribution in [-0.4, -0.2) is 18.0 Å². The average molecular weight is 263 g/mol. The maximum absolute atomic E-state index is 10.8. The Kier molecular flexibility index (Phi) is 6.08. The van der Waals surface area contributed by atoms with Crippen molar-refractivity contribution in [2.75, 3.05) is 7.05 Å². The molecule has 96 valence electrons. The Morgan fingerprint density at radius 1 is 1.11 bits per heavy atom.